The fraction of sp³-hybridized carbons (Fsp3) is 0.435. The van der Waals surface area contributed by atoms with E-state index in [1.165, 1.54) is 0 Å². The van der Waals surface area contributed by atoms with Crippen LogP contribution >= 0.6 is 0 Å². The van der Waals surface area contributed by atoms with Gasteiger partial charge in [0.1, 0.15) is 17.4 Å². The van der Waals surface area contributed by atoms with E-state index >= 15 is 0 Å². The van der Waals surface area contributed by atoms with E-state index in [4.69, 9.17) is 5.73 Å². The molecule has 4 N–H and O–H groups in total. The molecule has 8 heteroatoms. The average molecular weight is 422 g/mol. The fourth-order valence-electron chi connectivity index (χ4n) is 4.63. The third kappa shape index (κ3) is 4.07. The van der Waals surface area contributed by atoms with Gasteiger partial charge in [-0.1, -0.05) is 0 Å². The Kier molecular flexibility index (Phi) is 5.13. The zero-order valence-electron chi connectivity index (χ0n) is 18.8. The standard InChI is InChI=1S/C23H31N7O/c1-22(2)13-15(14-23(3,4)29(22)5)26-21-9-8-18(27-28-21)17-7-6-16(12-19(17)31)30-20(24)10-11-25-30/h6-12,15,31H,13-14,24H2,1-5H3,(H,26,28). The van der Waals surface area contributed by atoms with E-state index in [0.29, 0.717) is 28.8 Å². The molecule has 0 unspecified atom stereocenters. The number of piperidine rings is 1. The fourth-order valence-corrected chi connectivity index (χ4v) is 4.63. The number of rotatable bonds is 4. The number of nitrogen functional groups attached to an aromatic ring is 1. The zero-order valence-corrected chi connectivity index (χ0v) is 18.8. The number of hydrogen-bond acceptors (Lipinski definition) is 7. The van der Waals surface area contributed by atoms with Gasteiger partial charge in [-0.3, -0.25) is 4.90 Å². The molecule has 0 saturated carbocycles. The third-order valence-electron chi connectivity index (χ3n) is 6.50. The lowest BCUT2D eigenvalue weighted by molar-refractivity contribution is -0.00773. The van der Waals surface area contributed by atoms with Crippen molar-refractivity contribution in [1.29, 1.82) is 0 Å². The second kappa shape index (κ2) is 7.53. The summed E-state index contributed by atoms with van der Waals surface area (Å²) in [5.41, 5.74) is 7.98. The van der Waals surface area contributed by atoms with Crippen molar-refractivity contribution in [2.24, 2.45) is 0 Å². The lowest BCUT2D eigenvalue weighted by Gasteiger charge is -2.53. The molecular formula is C23H31N7O. The molecule has 0 atom stereocenters. The van der Waals surface area contributed by atoms with Gasteiger partial charge in [0.25, 0.3) is 0 Å². The summed E-state index contributed by atoms with van der Waals surface area (Å²) in [4.78, 5) is 2.45. The van der Waals surface area contributed by atoms with Gasteiger partial charge < -0.3 is 16.2 Å². The topological polar surface area (TPSA) is 105 Å². The molecule has 31 heavy (non-hydrogen) atoms. The van der Waals surface area contributed by atoms with Crippen LogP contribution < -0.4 is 11.1 Å². The minimum Gasteiger partial charge on any atom is -0.507 e. The number of benzene rings is 1. The summed E-state index contributed by atoms with van der Waals surface area (Å²) in [6, 6.07) is 11.1. The zero-order chi connectivity index (χ0) is 22.4. The maximum absolute atomic E-state index is 10.5. The molecule has 0 amide bonds. The highest BCUT2D eigenvalue weighted by Crippen LogP contribution is 2.38. The second-order valence-electron chi connectivity index (χ2n) is 9.61. The number of hydrogen-bond donors (Lipinski definition) is 3. The Labute approximate surface area is 183 Å². The first-order valence-electron chi connectivity index (χ1n) is 10.5. The van der Waals surface area contributed by atoms with Gasteiger partial charge >= 0.3 is 0 Å². The predicted molar refractivity (Wildman–Crippen MR) is 123 cm³/mol. The monoisotopic (exact) mass is 421 g/mol. The molecule has 8 nitrogen and oxygen atoms in total. The van der Waals surface area contributed by atoms with Gasteiger partial charge in [-0.25, -0.2) is 4.68 Å². The number of phenols is 1. The molecule has 1 saturated heterocycles. The SMILES string of the molecule is CN1C(C)(C)CC(Nc2ccc(-c3ccc(-n4nccc4N)cc3O)nn2)CC1(C)C. The van der Waals surface area contributed by atoms with E-state index in [-0.39, 0.29) is 16.8 Å². The van der Waals surface area contributed by atoms with E-state index in [1.54, 1.807) is 29.1 Å². The molecule has 0 aliphatic carbocycles. The number of anilines is 2. The number of phenolic OH excluding ortho intramolecular Hbond substituents is 1. The van der Waals surface area contributed by atoms with Crippen molar-refractivity contribution < 1.29 is 5.11 Å². The minimum atomic E-state index is 0.0955. The van der Waals surface area contributed by atoms with Crippen molar-refractivity contribution in [3.05, 3.63) is 42.6 Å². The normalized spacial score (nSPS) is 18.7. The Morgan fingerprint density at radius 2 is 1.74 bits per heavy atom. The molecule has 0 spiro atoms. The van der Waals surface area contributed by atoms with Crippen LogP contribution in [0.3, 0.4) is 0 Å². The van der Waals surface area contributed by atoms with Crippen LogP contribution in [0.1, 0.15) is 40.5 Å². The summed E-state index contributed by atoms with van der Waals surface area (Å²) >= 11 is 0. The first kappa shape index (κ1) is 21.1. The molecule has 1 aliphatic heterocycles. The quantitative estimate of drug-likeness (QED) is 0.590. The van der Waals surface area contributed by atoms with Crippen LogP contribution in [0, 0.1) is 0 Å². The number of nitrogens with one attached hydrogen (secondary N) is 1. The summed E-state index contributed by atoms with van der Waals surface area (Å²) < 4.78 is 1.56. The average Bonchev–Trinajstić information content (AvgIpc) is 3.12. The highest BCUT2D eigenvalue weighted by Gasteiger charge is 2.43. The minimum absolute atomic E-state index is 0.0955. The van der Waals surface area contributed by atoms with Crippen LogP contribution in [0.2, 0.25) is 0 Å². The van der Waals surface area contributed by atoms with Crippen molar-refractivity contribution in [3.8, 4) is 22.7 Å². The molecule has 0 radical (unpaired) electrons. The summed E-state index contributed by atoms with van der Waals surface area (Å²) in [6.07, 6.45) is 3.66. The first-order chi connectivity index (χ1) is 14.6. The van der Waals surface area contributed by atoms with E-state index in [0.717, 1.165) is 18.7 Å². The van der Waals surface area contributed by atoms with Gasteiger partial charge in [-0.2, -0.15) is 5.10 Å². The van der Waals surface area contributed by atoms with Crippen LogP contribution in [0.25, 0.3) is 16.9 Å². The van der Waals surface area contributed by atoms with Crippen LogP contribution in [0.5, 0.6) is 5.75 Å². The molecule has 0 bridgehead atoms. The molecule has 164 valence electrons. The number of likely N-dealkylation sites (tertiary alicyclic amines) is 1. The summed E-state index contributed by atoms with van der Waals surface area (Å²) in [6.45, 7) is 9.11. The van der Waals surface area contributed by atoms with Crippen molar-refractivity contribution in [3.63, 3.8) is 0 Å². The van der Waals surface area contributed by atoms with Crippen molar-refractivity contribution in [1.82, 2.24) is 24.9 Å². The Morgan fingerprint density at radius 1 is 1.03 bits per heavy atom. The lowest BCUT2D eigenvalue weighted by atomic mass is 9.77. The number of aromatic nitrogens is 4. The highest BCUT2D eigenvalue weighted by molar-refractivity contribution is 5.69. The van der Waals surface area contributed by atoms with Crippen LogP contribution in [-0.4, -0.2) is 54.2 Å². The van der Waals surface area contributed by atoms with Gasteiger partial charge in [0.05, 0.1) is 17.6 Å². The molecule has 3 aromatic rings. The lowest BCUT2D eigenvalue weighted by Crippen LogP contribution is -2.61. The maximum Gasteiger partial charge on any atom is 0.148 e. The van der Waals surface area contributed by atoms with E-state index in [1.807, 2.05) is 18.2 Å². The molecule has 1 fully saturated rings. The Balaban J connectivity index is 1.51. The van der Waals surface area contributed by atoms with Gasteiger partial charge in [0.2, 0.25) is 0 Å². The summed E-state index contributed by atoms with van der Waals surface area (Å²) in [7, 11) is 2.20. The van der Waals surface area contributed by atoms with Crippen molar-refractivity contribution in [2.75, 3.05) is 18.1 Å². The molecule has 1 aromatic carbocycles. The number of nitrogens with two attached hydrogens (primary N) is 1. The maximum atomic E-state index is 10.5. The Morgan fingerprint density at radius 3 is 2.29 bits per heavy atom. The van der Waals surface area contributed by atoms with Crippen LogP contribution in [0.4, 0.5) is 11.6 Å². The first-order valence-corrected chi connectivity index (χ1v) is 10.5. The summed E-state index contributed by atoms with van der Waals surface area (Å²) in [5, 5.41) is 27.0. The smallest absolute Gasteiger partial charge is 0.148 e. The van der Waals surface area contributed by atoms with E-state index < -0.39 is 0 Å². The van der Waals surface area contributed by atoms with Gasteiger partial charge in [-0.05, 0) is 71.8 Å². The Hall–Kier alpha value is -3.13. The van der Waals surface area contributed by atoms with Crippen molar-refractivity contribution in [2.45, 2.75) is 57.7 Å². The third-order valence-corrected chi connectivity index (χ3v) is 6.50. The van der Waals surface area contributed by atoms with E-state index in [9.17, 15) is 5.11 Å². The highest BCUT2D eigenvalue weighted by atomic mass is 16.3. The number of aromatic hydroxyl groups is 1. The molecule has 1 aliphatic rings. The van der Waals surface area contributed by atoms with Crippen LogP contribution in [-0.2, 0) is 0 Å². The Bertz CT molecular complexity index is 1050. The second-order valence-corrected chi connectivity index (χ2v) is 9.61. The molecule has 2 aromatic heterocycles. The predicted octanol–water partition coefficient (Wildman–Crippen LogP) is 3.68. The van der Waals surface area contributed by atoms with Gasteiger partial charge in [-0.15, -0.1) is 10.2 Å². The largest absolute Gasteiger partial charge is 0.507 e. The summed E-state index contributed by atoms with van der Waals surface area (Å²) in [5.74, 6) is 1.34. The molecule has 3 heterocycles. The van der Waals surface area contributed by atoms with Gasteiger partial charge in [0.15, 0.2) is 0 Å². The van der Waals surface area contributed by atoms with Gasteiger partial charge in [0, 0.05) is 34.8 Å². The molecular weight excluding hydrogens is 390 g/mol. The molecule has 4 rings (SSSR count). The van der Waals surface area contributed by atoms with Crippen molar-refractivity contribution >= 4 is 11.6 Å². The van der Waals surface area contributed by atoms with E-state index in [2.05, 4.69) is 60.3 Å². The van der Waals surface area contributed by atoms with Crippen LogP contribution in [0.15, 0.2) is 42.6 Å². The number of nitrogens with zero attached hydrogens (tertiary/aromatic N) is 5.